The van der Waals surface area contributed by atoms with Gasteiger partial charge in [0.1, 0.15) is 0 Å². The molecule has 0 aromatic rings. The van der Waals surface area contributed by atoms with Crippen molar-refractivity contribution in [2.45, 2.75) is 13.8 Å². The maximum absolute atomic E-state index is 5.52. The molecule has 0 aromatic carbocycles. The van der Waals surface area contributed by atoms with Gasteiger partial charge in [0, 0.05) is 5.03 Å². The van der Waals surface area contributed by atoms with Crippen molar-refractivity contribution >= 4 is 27.5 Å². The summed E-state index contributed by atoms with van der Waals surface area (Å²) in [6, 6.07) is 0. The van der Waals surface area contributed by atoms with Crippen LogP contribution in [0, 0.1) is 0 Å². The molecule has 0 aromatic heterocycles. The lowest BCUT2D eigenvalue weighted by Gasteiger charge is -1.80. The van der Waals surface area contributed by atoms with Gasteiger partial charge >= 0.3 is 0 Å². The normalized spacial score (nSPS) is 14.5. The Morgan fingerprint density at radius 3 is 2.00 bits per heavy atom. The summed E-state index contributed by atoms with van der Waals surface area (Å²) in [6.07, 6.45) is 3.74. The third kappa shape index (κ3) is 6.25. The average molecular weight is 195 g/mol. The van der Waals surface area contributed by atoms with Crippen LogP contribution >= 0.6 is 27.5 Å². The van der Waals surface area contributed by atoms with Crippen LogP contribution < -0.4 is 0 Å². The van der Waals surface area contributed by atoms with Crippen molar-refractivity contribution in [2.24, 2.45) is 0 Å². The fourth-order valence-electron chi connectivity index (χ4n) is 0.230. The van der Waals surface area contributed by atoms with Crippen molar-refractivity contribution in [1.82, 2.24) is 0 Å². The van der Waals surface area contributed by atoms with Crippen molar-refractivity contribution in [3.05, 3.63) is 21.7 Å². The van der Waals surface area contributed by atoms with Crippen LogP contribution in [0.25, 0.3) is 0 Å². The Balaban J connectivity index is 3.76. The highest BCUT2D eigenvalue weighted by atomic mass is 79.9. The first-order chi connectivity index (χ1) is 3.63. The number of allylic oxidation sites excluding steroid dienone is 4. The summed E-state index contributed by atoms with van der Waals surface area (Å²) in [4.78, 5) is 0. The van der Waals surface area contributed by atoms with Gasteiger partial charge in [0.05, 0.1) is 0 Å². The highest BCUT2D eigenvalue weighted by Crippen LogP contribution is 2.05. The maximum atomic E-state index is 5.52. The first-order valence-corrected chi connectivity index (χ1v) is 3.46. The highest BCUT2D eigenvalue weighted by Gasteiger charge is 1.75. The zero-order chi connectivity index (χ0) is 6.57. The van der Waals surface area contributed by atoms with Crippen LogP contribution in [0.5, 0.6) is 0 Å². The zero-order valence-corrected chi connectivity index (χ0v) is 7.25. The van der Waals surface area contributed by atoms with E-state index in [0.29, 0.717) is 0 Å². The molecule has 2 heteroatoms. The van der Waals surface area contributed by atoms with Crippen LogP contribution in [0.4, 0.5) is 0 Å². The molecule has 0 spiro atoms. The molecule has 0 atom stereocenters. The third-order valence-corrected chi connectivity index (χ3v) is 0.933. The van der Waals surface area contributed by atoms with Gasteiger partial charge in [-0.1, -0.05) is 33.6 Å². The van der Waals surface area contributed by atoms with E-state index >= 15 is 0 Å². The molecule has 0 radical (unpaired) electrons. The monoisotopic (exact) mass is 194 g/mol. The van der Waals surface area contributed by atoms with Gasteiger partial charge in [-0.05, 0) is 24.4 Å². The largest absolute Gasteiger partial charge is 0.0895 e. The second-order valence-electron chi connectivity index (χ2n) is 1.51. The van der Waals surface area contributed by atoms with Gasteiger partial charge < -0.3 is 0 Å². The summed E-state index contributed by atoms with van der Waals surface area (Å²) in [7, 11) is 0. The SMILES string of the molecule is C/C(Cl)=C\C=C(/C)Br. The van der Waals surface area contributed by atoms with E-state index < -0.39 is 0 Å². The molecule has 0 saturated heterocycles. The molecule has 0 nitrogen and oxygen atoms in total. The Labute approximate surface area is 63.4 Å². The van der Waals surface area contributed by atoms with E-state index in [1.807, 2.05) is 26.0 Å². The van der Waals surface area contributed by atoms with Gasteiger partial charge in [0.25, 0.3) is 0 Å². The molecular weight excluding hydrogens is 187 g/mol. The Bertz CT molecular complexity index is 100. The number of hydrogen-bond acceptors (Lipinski definition) is 0. The third-order valence-electron chi connectivity index (χ3n) is 0.543. The molecule has 0 saturated carbocycles. The van der Waals surface area contributed by atoms with E-state index in [4.69, 9.17) is 11.6 Å². The number of rotatable bonds is 1. The predicted octanol–water partition coefficient (Wildman–Crippen LogP) is 3.43. The van der Waals surface area contributed by atoms with Crippen molar-refractivity contribution in [3.8, 4) is 0 Å². The Morgan fingerprint density at radius 1 is 1.38 bits per heavy atom. The first-order valence-electron chi connectivity index (χ1n) is 2.29. The Morgan fingerprint density at radius 2 is 1.88 bits per heavy atom. The van der Waals surface area contributed by atoms with Gasteiger partial charge in [-0.25, -0.2) is 0 Å². The zero-order valence-electron chi connectivity index (χ0n) is 4.91. The molecule has 0 aliphatic rings. The summed E-state index contributed by atoms with van der Waals surface area (Å²) in [5, 5.41) is 0.795. The molecule has 0 amide bonds. The summed E-state index contributed by atoms with van der Waals surface area (Å²) in [6.45, 7) is 3.80. The Hall–Kier alpha value is 0.250. The first kappa shape index (κ1) is 8.25. The quantitative estimate of drug-likeness (QED) is 0.563. The minimum atomic E-state index is 0.795. The van der Waals surface area contributed by atoms with Crippen molar-refractivity contribution in [3.63, 3.8) is 0 Å². The topological polar surface area (TPSA) is 0 Å². The maximum Gasteiger partial charge on any atom is 0.0150 e. The Kier molecular flexibility index (Phi) is 4.29. The molecular formula is C6H8BrCl. The van der Waals surface area contributed by atoms with E-state index in [9.17, 15) is 0 Å². The summed E-state index contributed by atoms with van der Waals surface area (Å²) in [5.74, 6) is 0. The molecule has 0 aliphatic heterocycles. The van der Waals surface area contributed by atoms with Crippen LogP contribution in [-0.2, 0) is 0 Å². The van der Waals surface area contributed by atoms with Crippen LogP contribution in [-0.4, -0.2) is 0 Å². The number of hydrogen-bond donors (Lipinski definition) is 0. The molecule has 0 heterocycles. The molecule has 0 bridgehead atoms. The summed E-state index contributed by atoms with van der Waals surface area (Å²) >= 11 is 8.78. The molecule has 8 heavy (non-hydrogen) atoms. The van der Waals surface area contributed by atoms with E-state index in [-0.39, 0.29) is 0 Å². The van der Waals surface area contributed by atoms with Crippen LogP contribution in [0.3, 0.4) is 0 Å². The van der Waals surface area contributed by atoms with Gasteiger partial charge in [-0.15, -0.1) is 0 Å². The van der Waals surface area contributed by atoms with Crippen LogP contribution in [0.15, 0.2) is 21.7 Å². The molecule has 46 valence electrons. The van der Waals surface area contributed by atoms with Crippen LogP contribution in [0.2, 0.25) is 0 Å². The molecule has 0 unspecified atom stereocenters. The van der Waals surface area contributed by atoms with Crippen LogP contribution in [0.1, 0.15) is 13.8 Å². The van der Waals surface area contributed by atoms with Gasteiger partial charge in [-0.3, -0.25) is 0 Å². The molecule has 0 N–H and O–H groups in total. The van der Waals surface area contributed by atoms with Gasteiger partial charge in [0.2, 0.25) is 0 Å². The molecule has 0 rings (SSSR count). The summed E-state index contributed by atoms with van der Waals surface area (Å²) < 4.78 is 1.08. The molecule has 0 fully saturated rings. The van der Waals surface area contributed by atoms with Crippen molar-refractivity contribution in [1.29, 1.82) is 0 Å². The number of halogens is 2. The summed E-state index contributed by atoms with van der Waals surface area (Å²) in [5.41, 5.74) is 0. The fourth-order valence-corrected chi connectivity index (χ4v) is 0.425. The second-order valence-corrected chi connectivity index (χ2v) is 3.35. The van der Waals surface area contributed by atoms with E-state index in [1.165, 1.54) is 0 Å². The minimum absolute atomic E-state index is 0.795. The lowest BCUT2D eigenvalue weighted by atomic mass is 10.5. The van der Waals surface area contributed by atoms with Crippen molar-refractivity contribution < 1.29 is 0 Å². The molecule has 0 aliphatic carbocycles. The van der Waals surface area contributed by atoms with Gasteiger partial charge in [0.15, 0.2) is 0 Å². The van der Waals surface area contributed by atoms with E-state index in [1.54, 1.807) is 0 Å². The van der Waals surface area contributed by atoms with E-state index in [2.05, 4.69) is 15.9 Å². The van der Waals surface area contributed by atoms with Gasteiger partial charge in [-0.2, -0.15) is 0 Å². The lowest BCUT2D eigenvalue weighted by Crippen LogP contribution is -1.56. The van der Waals surface area contributed by atoms with E-state index in [0.717, 1.165) is 9.51 Å². The average Bonchev–Trinajstić information content (AvgIpc) is 1.61. The minimum Gasteiger partial charge on any atom is -0.0895 e. The fraction of sp³-hybridized carbons (Fsp3) is 0.333. The second kappa shape index (κ2) is 4.16. The van der Waals surface area contributed by atoms with Crippen molar-refractivity contribution in [2.75, 3.05) is 0 Å². The lowest BCUT2D eigenvalue weighted by molar-refractivity contribution is 1.62. The predicted molar refractivity (Wildman–Crippen MR) is 42.3 cm³/mol. The highest BCUT2D eigenvalue weighted by molar-refractivity contribution is 9.11. The smallest absolute Gasteiger partial charge is 0.0150 e. The standard InChI is InChI=1S/C6H8BrCl/c1-5(7)3-4-6(2)8/h3-4H,1-2H3/b5-3+,6-4+.